The summed E-state index contributed by atoms with van der Waals surface area (Å²) in [6, 6.07) is 6.04. The second-order valence-corrected chi connectivity index (χ2v) is 9.68. The molecule has 1 saturated heterocycles. The first kappa shape index (κ1) is 16.8. The Kier molecular flexibility index (Phi) is 4.18. The van der Waals surface area contributed by atoms with Crippen LogP contribution in [0.5, 0.6) is 0 Å². The molecule has 4 nitrogen and oxygen atoms in total. The van der Waals surface area contributed by atoms with E-state index >= 15 is 0 Å². The van der Waals surface area contributed by atoms with Crippen LogP contribution in [0.4, 0.5) is 4.39 Å². The summed E-state index contributed by atoms with van der Waals surface area (Å²) in [7, 11) is -3.48. The number of rotatable bonds is 2. The lowest BCUT2D eigenvalue weighted by molar-refractivity contribution is -0.136. The first-order chi connectivity index (χ1) is 12.0. The van der Waals surface area contributed by atoms with E-state index in [9.17, 15) is 17.6 Å². The Morgan fingerprint density at radius 3 is 2.60 bits per heavy atom. The number of halogens is 1. The van der Waals surface area contributed by atoms with Gasteiger partial charge in [-0.1, -0.05) is 30.4 Å². The molecule has 134 valence electrons. The van der Waals surface area contributed by atoms with Crippen LogP contribution in [0, 0.1) is 23.6 Å². The van der Waals surface area contributed by atoms with Crippen LogP contribution in [0.2, 0.25) is 0 Å². The van der Waals surface area contributed by atoms with Gasteiger partial charge in [-0.2, -0.15) is 0 Å². The first-order valence-corrected chi connectivity index (χ1v) is 10.6. The Labute approximate surface area is 147 Å². The third kappa shape index (κ3) is 3.01. The molecular weight excluding hydrogens is 341 g/mol. The summed E-state index contributed by atoms with van der Waals surface area (Å²) in [6.07, 6.45) is 6.50. The fourth-order valence-electron chi connectivity index (χ4n) is 4.55. The summed E-state index contributed by atoms with van der Waals surface area (Å²) in [5.74, 6) is 0.271. The summed E-state index contributed by atoms with van der Waals surface area (Å²) in [4.78, 5) is 14.6. The fourth-order valence-corrected chi connectivity index (χ4v) is 6.35. The SMILES string of the molecule is O=C(C1CC2C=CC1C2)N1CCC(c2ccccc2F)S(=O)(=O)CC1. The summed E-state index contributed by atoms with van der Waals surface area (Å²) < 4.78 is 39.4. The maximum Gasteiger partial charge on any atom is 0.226 e. The Balaban J connectivity index is 1.53. The molecule has 1 heterocycles. The van der Waals surface area contributed by atoms with Crippen molar-refractivity contribution in [1.29, 1.82) is 0 Å². The number of amides is 1. The van der Waals surface area contributed by atoms with E-state index in [4.69, 9.17) is 0 Å². The third-order valence-corrected chi connectivity index (χ3v) is 8.01. The van der Waals surface area contributed by atoms with E-state index in [0.717, 1.165) is 12.8 Å². The Bertz CT molecular complexity index is 820. The van der Waals surface area contributed by atoms with E-state index in [1.165, 1.54) is 12.1 Å². The number of carbonyl (C=O) groups is 1. The number of hydrogen-bond donors (Lipinski definition) is 0. The zero-order valence-electron chi connectivity index (χ0n) is 14.0. The topological polar surface area (TPSA) is 54.5 Å². The number of fused-ring (bicyclic) bond motifs is 2. The molecular formula is C19H22FNO3S. The molecule has 0 N–H and O–H groups in total. The van der Waals surface area contributed by atoms with Gasteiger partial charge in [-0.3, -0.25) is 4.79 Å². The monoisotopic (exact) mass is 363 g/mol. The molecule has 0 radical (unpaired) electrons. The normalized spacial score (nSPS) is 33.4. The molecule has 1 aromatic carbocycles. The van der Waals surface area contributed by atoms with Gasteiger partial charge in [0.1, 0.15) is 5.82 Å². The van der Waals surface area contributed by atoms with Crippen molar-refractivity contribution in [2.75, 3.05) is 18.8 Å². The van der Waals surface area contributed by atoms with Crippen LogP contribution in [0.1, 0.15) is 30.1 Å². The molecule has 4 atom stereocenters. The standard InChI is InChI=1S/C19H22FNO3S/c20-17-4-2-1-3-15(17)18-7-8-21(9-10-25(18,23)24)19(22)16-12-13-5-6-14(16)11-13/h1-6,13-14,16,18H,7-12H2. The molecule has 2 fully saturated rings. The predicted octanol–water partition coefficient (Wildman–Crippen LogP) is 2.73. The molecule has 25 heavy (non-hydrogen) atoms. The van der Waals surface area contributed by atoms with Gasteiger partial charge in [0.15, 0.2) is 9.84 Å². The number of hydrogen-bond acceptors (Lipinski definition) is 3. The van der Waals surface area contributed by atoms with Gasteiger partial charge in [0.05, 0.1) is 11.0 Å². The summed E-state index contributed by atoms with van der Waals surface area (Å²) >= 11 is 0. The second-order valence-electron chi connectivity index (χ2n) is 7.38. The van der Waals surface area contributed by atoms with E-state index in [1.54, 1.807) is 17.0 Å². The first-order valence-electron chi connectivity index (χ1n) is 8.89. The van der Waals surface area contributed by atoms with Crippen molar-refractivity contribution in [3.63, 3.8) is 0 Å². The fraction of sp³-hybridized carbons (Fsp3) is 0.526. The molecule has 0 spiro atoms. The molecule has 4 unspecified atom stereocenters. The van der Waals surface area contributed by atoms with Crippen molar-refractivity contribution in [1.82, 2.24) is 4.90 Å². The summed E-state index contributed by atoms with van der Waals surface area (Å²) in [5.41, 5.74) is 0.222. The van der Waals surface area contributed by atoms with E-state index in [1.807, 2.05) is 0 Å². The van der Waals surface area contributed by atoms with Gasteiger partial charge in [-0.15, -0.1) is 0 Å². The molecule has 1 aliphatic heterocycles. The van der Waals surface area contributed by atoms with Crippen LogP contribution in [-0.2, 0) is 14.6 Å². The van der Waals surface area contributed by atoms with Crippen molar-refractivity contribution in [2.24, 2.45) is 17.8 Å². The largest absolute Gasteiger partial charge is 0.341 e. The van der Waals surface area contributed by atoms with Crippen molar-refractivity contribution < 1.29 is 17.6 Å². The van der Waals surface area contributed by atoms with E-state index in [-0.39, 0.29) is 36.1 Å². The van der Waals surface area contributed by atoms with Crippen molar-refractivity contribution in [3.05, 3.63) is 47.8 Å². The lowest BCUT2D eigenvalue weighted by Gasteiger charge is -2.26. The summed E-state index contributed by atoms with van der Waals surface area (Å²) in [5, 5.41) is -0.869. The molecule has 1 amide bonds. The Hall–Kier alpha value is -1.69. The smallest absolute Gasteiger partial charge is 0.226 e. The molecule has 4 rings (SSSR count). The van der Waals surface area contributed by atoms with Crippen LogP contribution in [0.3, 0.4) is 0 Å². The van der Waals surface area contributed by atoms with E-state index in [0.29, 0.717) is 18.4 Å². The lowest BCUT2D eigenvalue weighted by Crippen LogP contribution is -2.39. The van der Waals surface area contributed by atoms with Gasteiger partial charge < -0.3 is 4.90 Å². The molecule has 3 aliphatic rings. The number of nitrogens with zero attached hydrogens (tertiary/aromatic N) is 1. The molecule has 2 aliphatic carbocycles. The van der Waals surface area contributed by atoms with Crippen molar-refractivity contribution >= 4 is 15.7 Å². The number of sulfone groups is 1. The van der Waals surface area contributed by atoms with Crippen LogP contribution in [-0.4, -0.2) is 38.1 Å². The predicted molar refractivity (Wildman–Crippen MR) is 93.0 cm³/mol. The third-order valence-electron chi connectivity index (χ3n) is 5.90. The number of allylic oxidation sites excluding steroid dienone is 2. The highest BCUT2D eigenvalue weighted by Crippen LogP contribution is 2.44. The molecule has 0 aromatic heterocycles. The van der Waals surface area contributed by atoms with E-state index in [2.05, 4.69) is 12.2 Å². The highest BCUT2D eigenvalue weighted by Gasteiger charge is 2.43. The minimum absolute atomic E-state index is 0.0114. The van der Waals surface area contributed by atoms with Crippen LogP contribution >= 0.6 is 0 Å². The van der Waals surface area contributed by atoms with Crippen LogP contribution in [0.15, 0.2) is 36.4 Å². The average Bonchev–Trinajstić information content (AvgIpc) is 3.17. The quantitative estimate of drug-likeness (QED) is 0.759. The highest BCUT2D eigenvalue weighted by atomic mass is 32.2. The Morgan fingerprint density at radius 1 is 1.12 bits per heavy atom. The molecule has 1 aromatic rings. The zero-order chi connectivity index (χ0) is 17.6. The van der Waals surface area contributed by atoms with Gasteiger partial charge in [-0.25, -0.2) is 12.8 Å². The van der Waals surface area contributed by atoms with Gasteiger partial charge in [0.2, 0.25) is 5.91 Å². The number of benzene rings is 1. The summed E-state index contributed by atoms with van der Waals surface area (Å²) in [6.45, 7) is 0.582. The maximum atomic E-state index is 14.1. The lowest BCUT2D eigenvalue weighted by atomic mass is 9.92. The van der Waals surface area contributed by atoms with Gasteiger partial charge in [-0.05, 0) is 37.2 Å². The van der Waals surface area contributed by atoms with Gasteiger partial charge >= 0.3 is 0 Å². The molecule has 2 bridgehead atoms. The average molecular weight is 363 g/mol. The van der Waals surface area contributed by atoms with Crippen LogP contribution in [0.25, 0.3) is 0 Å². The highest BCUT2D eigenvalue weighted by molar-refractivity contribution is 7.91. The second kappa shape index (κ2) is 6.24. The molecule has 6 heteroatoms. The zero-order valence-corrected chi connectivity index (χ0v) is 14.8. The van der Waals surface area contributed by atoms with E-state index < -0.39 is 20.9 Å². The van der Waals surface area contributed by atoms with Crippen molar-refractivity contribution in [2.45, 2.75) is 24.5 Å². The molecule has 1 saturated carbocycles. The minimum Gasteiger partial charge on any atom is -0.341 e. The maximum absolute atomic E-state index is 14.1. The minimum atomic E-state index is -3.48. The van der Waals surface area contributed by atoms with Crippen molar-refractivity contribution in [3.8, 4) is 0 Å². The number of carbonyl (C=O) groups excluding carboxylic acids is 1. The van der Waals surface area contributed by atoms with Gasteiger partial charge in [0, 0.05) is 24.6 Å². The van der Waals surface area contributed by atoms with Crippen LogP contribution < -0.4 is 0 Å². The Morgan fingerprint density at radius 2 is 1.92 bits per heavy atom. The van der Waals surface area contributed by atoms with Gasteiger partial charge in [0.25, 0.3) is 0 Å².